The van der Waals surface area contributed by atoms with Crippen LogP contribution in [0.2, 0.25) is 0 Å². The molecule has 2 aliphatic carbocycles. The first-order valence-electron chi connectivity index (χ1n) is 8.24. The van der Waals surface area contributed by atoms with E-state index in [1.54, 1.807) is 0 Å². The molecule has 2 unspecified atom stereocenters. The lowest BCUT2D eigenvalue weighted by atomic mass is 9.75. The van der Waals surface area contributed by atoms with Crippen LogP contribution in [0.3, 0.4) is 0 Å². The molecule has 3 aliphatic rings. The third kappa shape index (κ3) is 3.13. The van der Waals surface area contributed by atoms with Crippen LogP contribution in [0.1, 0.15) is 64.7 Å². The van der Waals surface area contributed by atoms with Crippen LogP contribution < -0.4 is 10.6 Å². The van der Waals surface area contributed by atoms with E-state index in [4.69, 9.17) is 0 Å². The highest BCUT2D eigenvalue weighted by molar-refractivity contribution is 5.79. The van der Waals surface area contributed by atoms with Crippen LogP contribution in [0.15, 0.2) is 0 Å². The number of carbonyl (C=O) groups excluding carboxylic acids is 1. The van der Waals surface area contributed by atoms with Crippen LogP contribution in [0.25, 0.3) is 0 Å². The first-order chi connectivity index (χ1) is 9.19. The lowest BCUT2D eigenvalue weighted by molar-refractivity contribution is -0.126. The molecule has 1 spiro atoms. The van der Waals surface area contributed by atoms with Crippen LogP contribution in [0, 0.1) is 11.8 Å². The average Bonchev–Trinajstić information content (AvgIpc) is 3.23. The second kappa shape index (κ2) is 5.43. The van der Waals surface area contributed by atoms with Crippen LogP contribution in [-0.2, 0) is 4.79 Å². The van der Waals surface area contributed by atoms with Gasteiger partial charge in [0.2, 0.25) is 5.91 Å². The second-order valence-electron chi connectivity index (χ2n) is 7.09. The Labute approximate surface area is 116 Å². The second-order valence-corrected chi connectivity index (χ2v) is 7.09. The maximum absolute atomic E-state index is 12.2. The number of piperidine rings is 1. The number of nitrogens with one attached hydrogen (secondary N) is 2. The molecule has 3 nitrogen and oxygen atoms in total. The molecule has 108 valence electrons. The van der Waals surface area contributed by atoms with E-state index in [-0.39, 0.29) is 5.92 Å². The largest absolute Gasteiger partial charge is 0.353 e. The van der Waals surface area contributed by atoms with Crippen LogP contribution in [0.4, 0.5) is 0 Å². The van der Waals surface area contributed by atoms with E-state index < -0.39 is 0 Å². The minimum atomic E-state index is 0.234. The number of carbonyl (C=O) groups is 1. The molecule has 0 bridgehead atoms. The summed E-state index contributed by atoms with van der Waals surface area (Å²) in [7, 11) is 0. The Bertz CT molecular complexity index is 326. The highest BCUT2D eigenvalue weighted by atomic mass is 16.1. The monoisotopic (exact) mass is 264 g/mol. The molecule has 3 heteroatoms. The van der Waals surface area contributed by atoms with Crippen molar-refractivity contribution in [1.82, 2.24) is 10.6 Å². The van der Waals surface area contributed by atoms with Crippen molar-refractivity contribution in [3.05, 3.63) is 0 Å². The minimum Gasteiger partial charge on any atom is -0.353 e. The van der Waals surface area contributed by atoms with Crippen molar-refractivity contribution in [1.29, 1.82) is 0 Å². The molecule has 2 N–H and O–H groups in total. The number of rotatable bonds is 3. The summed E-state index contributed by atoms with van der Waals surface area (Å²) in [6, 6.07) is 0.410. The third-order valence-corrected chi connectivity index (χ3v) is 5.53. The Morgan fingerprint density at radius 1 is 1.21 bits per heavy atom. The van der Waals surface area contributed by atoms with E-state index >= 15 is 0 Å². The van der Waals surface area contributed by atoms with E-state index in [2.05, 4.69) is 17.6 Å². The van der Waals surface area contributed by atoms with Gasteiger partial charge in [0, 0.05) is 17.5 Å². The van der Waals surface area contributed by atoms with Crippen molar-refractivity contribution >= 4 is 5.91 Å². The fourth-order valence-electron chi connectivity index (χ4n) is 4.03. The van der Waals surface area contributed by atoms with Crippen LogP contribution >= 0.6 is 0 Å². The summed E-state index contributed by atoms with van der Waals surface area (Å²) in [6.45, 7) is 3.17. The molecule has 0 radical (unpaired) electrons. The fraction of sp³-hybridized carbons (Fsp3) is 0.938. The van der Waals surface area contributed by atoms with Crippen molar-refractivity contribution in [3.8, 4) is 0 Å². The summed E-state index contributed by atoms with van der Waals surface area (Å²) in [6.07, 6.45) is 11.5. The van der Waals surface area contributed by atoms with Crippen molar-refractivity contribution in [2.24, 2.45) is 11.8 Å². The highest BCUT2D eigenvalue weighted by Crippen LogP contribution is 2.37. The van der Waals surface area contributed by atoms with Gasteiger partial charge in [-0.2, -0.15) is 0 Å². The smallest absolute Gasteiger partial charge is 0.223 e. The standard InChI is InChI=1S/C16H28N2O/c1-12(13-5-6-13)15(19)18-14-7-10-17-16(11-14)8-3-2-4-9-16/h12-14,17H,2-11H2,1H3,(H,18,19). The zero-order valence-corrected chi connectivity index (χ0v) is 12.2. The molecule has 1 amide bonds. The fourth-order valence-corrected chi connectivity index (χ4v) is 4.03. The molecule has 1 aliphatic heterocycles. The van der Waals surface area contributed by atoms with E-state index in [0.717, 1.165) is 19.4 Å². The molecule has 1 heterocycles. The van der Waals surface area contributed by atoms with Gasteiger partial charge in [0.15, 0.2) is 0 Å². The van der Waals surface area contributed by atoms with Gasteiger partial charge >= 0.3 is 0 Å². The van der Waals surface area contributed by atoms with Gasteiger partial charge in [0.05, 0.1) is 0 Å². The molecule has 3 fully saturated rings. The summed E-state index contributed by atoms with van der Waals surface area (Å²) in [5.41, 5.74) is 0.345. The SMILES string of the molecule is CC(C(=O)NC1CCNC2(CCCCC2)C1)C1CC1. The van der Waals surface area contributed by atoms with Gasteiger partial charge in [-0.05, 0) is 51.0 Å². The van der Waals surface area contributed by atoms with Crippen molar-refractivity contribution in [3.63, 3.8) is 0 Å². The predicted molar refractivity (Wildman–Crippen MR) is 76.9 cm³/mol. The number of hydrogen-bond acceptors (Lipinski definition) is 2. The maximum atomic E-state index is 12.2. The molecule has 0 aromatic heterocycles. The lowest BCUT2D eigenvalue weighted by Crippen LogP contribution is -2.57. The Balaban J connectivity index is 1.54. The molecule has 3 rings (SSSR count). The number of amides is 1. The molecule has 2 saturated carbocycles. The van der Waals surface area contributed by atoms with Gasteiger partial charge in [-0.25, -0.2) is 0 Å². The molecule has 19 heavy (non-hydrogen) atoms. The zero-order chi connectivity index (χ0) is 13.3. The van der Waals surface area contributed by atoms with Crippen molar-refractivity contribution in [2.45, 2.75) is 76.3 Å². The lowest BCUT2D eigenvalue weighted by Gasteiger charge is -2.45. The minimum absolute atomic E-state index is 0.234. The van der Waals surface area contributed by atoms with E-state index in [1.165, 1.54) is 44.9 Å². The maximum Gasteiger partial charge on any atom is 0.223 e. The van der Waals surface area contributed by atoms with Crippen LogP contribution in [0.5, 0.6) is 0 Å². The summed E-state index contributed by atoms with van der Waals surface area (Å²) in [5.74, 6) is 1.21. The normalized spacial score (nSPS) is 31.9. The van der Waals surface area contributed by atoms with E-state index in [1.807, 2.05) is 0 Å². The molecular formula is C16H28N2O. The topological polar surface area (TPSA) is 41.1 Å². The van der Waals surface area contributed by atoms with Gasteiger partial charge in [-0.3, -0.25) is 4.79 Å². The van der Waals surface area contributed by atoms with Gasteiger partial charge in [-0.1, -0.05) is 26.2 Å². The van der Waals surface area contributed by atoms with Gasteiger partial charge < -0.3 is 10.6 Å². The Morgan fingerprint density at radius 2 is 1.95 bits per heavy atom. The zero-order valence-electron chi connectivity index (χ0n) is 12.2. The molecule has 1 saturated heterocycles. The molecule has 0 aromatic carbocycles. The van der Waals surface area contributed by atoms with Gasteiger partial charge in [0.25, 0.3) is 0 Å². The first kappa shape index (κ1) is 13.4. The van der Waals surface area contributed by atoms with Gasteiger partial charge in [0.1, 0.15) is 0 Å². The summed E-state index contributed by atoms with van der Waals surface area (Å²) in [4.78, 5) is 12.2. The Hall–Kier alpha value is -0.570. The summed E-state index contributed by atoms with van der Waals surface area (Å²) >= 11 is 0. The van der Waals surface area contributed by atoms with Crippen LogP contribution in [-0.4, -0.2) is 24.0 Å². The molecular weight excluding hydrogens is 236 g/mol. The highest BCUT2D eigenvalue weighted by Gasteiger charge is 2.39. The number of hydrogen-bond donors (Lipinski definition) is 2. The first-order valence-corrected chi connectivity index (χ1v) is 8.24. The predicted octanol–water partition coefficient (Wildman–Crippen LogP) is 2.60. The molecule has 2 atom stereocenters. The van der Waals surface area contributed by atoms with E-state index in [9.17, 15) is 4.79 Å². The van der Waals surface area contributed by atoms with Crippen molar-refractivity contribution in [2.75, 3.05) is 6.54 Å². The van der Waals surface area contributed by atoms with E-state index in [0.29, 0.717) is 23.4 Å². The summed E-state index contributed by atoms with van der Waals surface area (Å²) < 4.78 is 0. The third-order valence-electron chi connectivity index (χ3n) is 5.53. The van der Waals surface area contributed by atoms with Gasteiger partial charge in [-0.15, -0.1) is 0 Å². The average molecular weight is 264 g/mol. The Kier molecular flexibility index (Phi) is 3.84. The quantitative estimate of drug-likeness (QED) is 0.822. The summed E-state index contributed by atoms with van der Waals surface area (Å²) in [5, 5.41) is 7.08. The van der Waals surface area contributed by atoms with Crippen molar-refractivity contribution < 1.29 is 4.79 Å². The molecule has 0 aromatic rings. The Morgan fingerprint density at radius 3 is 2.63 bits per heavy atom.